The highest BCUT2D eigenvalue weighted by Crippen LogP contribution is 2.21. The molecule has 0 unspecified atom stereocenters. The van der Waals surface area contributed by atoms with Crippen LogP contribution in [-0.2, 0) is 6.54 Å². The Hall–Kier alpha value is -1.52. The standard InChI is InChI=1S/C17H17BrClNO2/c1-11(2)22-14-5-3-4-12(8-14)10-20-17(21)15-9-13(18)6-7-16(15)19/h3-9,11H,10H2,1-2H3,(H,20,21). The quantitative estimate of drug-likeness (QED) is 0.805. The number of hydrogen-bond donors (Lipinski definition) is 1. The molecule has 1 N–H and O–H groups in total. The van der Waals surface area contributed by atoms with Gasteiger partial charge in [0.15, 0.2) is 0 Å². The SMILES string of the molecule is CC(C)Oc1cccc(CNC(=O)c2cc(Br)ccc2Cl)c1. The van der Waals surface area contributed by atoms with Gasteiger partial charge in [0.05, 0.1) is 16.7 Å². The van der Waals surface area contributed by atoms with Gasteiger partial charge < -0.3 is 10.1 Å². The Morgan fingerprint density at radius 1 is 1.27 bits per heavy atom. The minimum Gasteiger partial charge on any atom is -0.491 e. The maximum atomic E-state index is 12.2. The minimum atomic E-state index is -0.207. The van der Waals surface area contributed by atoms with Crippen LogP contribution in [0.3, 0.4) is 0 Å². The monoisotopic (exact) mass is 381 g/mol. The molecule has 5 heteroatoms. The fourth-order valence-corrected chi connectivity index (χ4v) is 2.51. The molecule has 0 heterocycles. The van der Waals surface area contributed by atoms with Crippen molar-refractivity contribution in [2.24, 2.45) is 0 Å². The highest BCUT2D eigenvalue weighted by atomic mass is 79.9. The van der Waals surface area contributed by atoms with Gasteiger partial charge in [0.1, 0.15) is 5.75 Å². The van der Waals surface area contributed by atoms with Crippen LogP contribution in [0.5, 0.6) is 5.75 Å². The fourth-order valence-electron chi connectivity index (χ4n) is 1.95. The van der Waals surface area contributed by atoms with E-state index in [0.717, 1.165) is 15.8 Å². The van der Waals surface area contributed by atoms with Crippen molar-refractivity contribution in [2.75, 3.05) is 0 Å². The Labute approximate surface area is 143 Å². The third-order valence-electron chi connectivity index (χ3n) is 2.90. The predicted molar refractivity (Wildman–Crippen MR) is 92.5 cm³/mol. The smallest absolute Gasteiger partial charge is 0.253 e. The molecule has 1 amide bonds. The lowest BCUT2D eigenvalue weighted by molar-refractivity contribution is 0.0951. The van der Waals surface area contributed by atoms with Crippen LogP contribution in [0.15, 0.2) is 46.9 Å². The molecule has 0 saturated heterocycles. The normalized spacial score (nSPS) is 10.6. The molecule has 0 radical (unpaired) electrons. The van der Waals surface area contributed by atoms with Crippen LogP contribution in [0.2, 0.25) is 5.02 Å². The van der Waals surface area contributed by atoms with E-state index in [2.05, 4.69) is 21.2 Å². The van der Waals surface area contributed by atoms with Gasteiger partial charge in [-0.15, -0.1) is 0 Å². The highest BCUT2D eigenvalue weighted by Gasteiger charge is 2.10. The number of ether oxygens (including phenoxy) is 1. The molecule has 3 nitrogen and oxygen atoms in total. The molecule has 2 aromatic rings. The highest BCUT2D eigenvalue weighted by molar-refractivity contribution is 9.10. The third-order valence-corrected chi connectivity index (χ3v) is 3.72. The van der Waals surface area contributed by atoms with Gasteiger partial charge in [0.25, 0.3) is 5.91 Å². The molecule has 0 atom stereocenters. The first-order chi connectivity index (χ1) is 10.5. The van der Waals surface area contributed by atoms with Crippen LogP contribution in [0, 0.1) is 0 Å². The van der Waals surface area contributed by atoms with Crippen molar-refractivity contribution in [3.63, 3.8) is 0 Å². The number of rotatable bonds is 5. The number of hydrogen-bond acceptors (Lipinski definition) is 2. The maximum absolute atomic E-state index is 12.2. The first-order valence-corrected chi connectivity index (χ1v) is 8.11. The Morgan fingerprint density at radius 2 is 2.05 bits per heavy atom. The lowest BCUT2D eigenvalue weighted by Gasteiger charge is -2.11. The van der Waals surface area contributed by atoms with E-state index in [0.29, 0.717) is 17.1 Å². The zero-order valence-corrected chi connectivity index (χ0v) is 14.7. The molecule has 0 aliphatic rings. The summed E-state index contributed by atoms with van der Waals surface area (Å²) in [5.74, 6) is 0.587. The topological polar surface area (TPSA) is 38.3 Å². The van der Waals surface area contributed by atoms with E-state index in [9.17, 15) is 4.79 Å². The van der Waals surface area contributed by atoms with Crippen molar-refractivity contribution >= 4 is 33.4 Å². The van der Waals surface area contributed by atoms with Gasteiger partial charge in [-0.2, -0.15) is 0 Å². The molecule has 0 fully saturated rings. The number of carbonyl (C=O) groups excluding carboxylic acids is 1. The number of benzene rings is 2. The second-order valence-corrected chi connectivity index (χ2v) is 6.44. The summed E-state index contributed by atoms with van der Waals surface area (Å²) >= 11 is 9.39. The Kier molecular flexibility index (Phi) is 5.86. The Balaban J connectivity index is 2.03. The molecule has 22 heavy (non-hydrogen) atoms. The molecule has 0 aliphatic heterocycles. The van der Waals surface area contributed by atoms with Crippen LogP contribution >= 0.6 is 27.5 Å². The summed E-state index contributed by atoms with van der Waals surface area (Å²) in [5, 5.41) is 3.29. The molecular formula is C17H17BrClNO2. The van der Waals surface area contributed by atoms with Gasteiger partial charge >= 0.3 is 0 Å². The van der Waals surface area contributed by atoms with Crippen LogP contribution < -0.4 is 10.1 Å². The second-order valence-electron chi connectivity index (χ2n) is 5.12. The zero-order valence-electron chi connectivity index (χ0n) is 12.4. The Morgan fingerprint density at radius 3 is 2.77 bits per heavy atom. The van der Waals surface area contributed by atoms with Gasteiger partial charge in [-0.1, -0.05) is 39.7 Å². The van der Waals surface area contributed by atoms with E-state index in [1.165, 1.54) is 0 Å². The van der Waals surface area contributed by atoms with E-state index in [4.69, 9.17) is 16.3 Å². The van der Waals surface area contributed by atoms with Gasteiger partial charge in [-0.25, -0.2) is 0 Å². The maximum Gasteiger partial charge on any atom is 0.253 e. The molecule has 0 bridgehead atoms. The van der Waals surface area contributed by atoms with Crippen molar-refractivity contribution < 1.29 is 9.53 Å². The molecule has 2 rings (SSSR count). The summed E-state index contributed by atoms with van der Waals surface area (Å²) in [4.78, 5) is 12.2. The van der Waals surface area contributed by atoms with E-state index < -0.39 is 0 Å². The molecule has 116 valence electrons. The summed E-state index contributed by atoms with van der Waals surface area (Å²) in [6, 6.07) is 12.9. The summed E-state index contributed by atoms with van der Waals surface area (Å²) in [5.41, 5.74) is 1.42. The summed E-state index contributed by atoms with van der Waals surface area (Å²) in [6.45, 7) is 4.37. The van der Waals surface area contributed by atoms with E-state index in [1.807, 2.05) is 38.1 Å². The van der Waals surface area contributed by atoms with Crippen LogP contribution in [0.25, 0.3) is 0 Å². The molecule has 0 spiro atoms. The lowest BCUT2D eigenvalue weighted by atomic mass is 10.2. The number of carbonyl (C=O) groups is 1. The van der Waals surface area contributed by atoms with Gasteiger partial charge in [-0.3, -0.25) is 4.79 Å². The fraction of sp³-hybridized carbons (Fsp3) is 0.235. The average molecular weight is 383 g/mol. The van der Waals surface area contributed by atoms with Crippen molar-refractivity contribution in [3.8, 4) is 5.75 Å². The summed E-state index contributed by atoms with van der Waals surface area (Å²) in [7, 11) is 0. The average Bonchev–Trinajstić information content (AvgIpc) is 2.47. The molecule has 0 aliphatic carbocycles. The van der Waals surface area contributed by atoms with Crippen LogP contribution in [-0.4, -0.2) is 12.0 Å². The van der Waals surface area contributed by atoms with E-state index in [1.54, 1.807) is 18.2 Å². The summed E-state index contributed by atoms with van der Waals surface area (Å²) < 4.78 is 6.46. The molecule has 2 aromatic carbocycles. The van der Waals surface area contributed by atoms with E-state index >= 15 is 0 Å². The first-order valence-electron chi connectivity index (χ1n) is 6.94. The second kappa shape index (κ2) is 7.65. The largest absolute Gasteiger partial charge is 0.491 e. The number of halogens is 2. The molecular weight excluding hydrogens is 366 g/mol. The van der Waals surface area contributed by atoms with E-state index in [-0.39, 0.29) is 12.0 Å². The van der Waals surface area contributed by atoms with Crippen LogP contribution in [0.4, 0.5) is 0 Å². The van der Waals surface area contributed by atoms with Crippen LogP contribution in [0.1, 0.15) is 29.8 Å². The summed E-state index contributed by atoms with van der Waals surface area (Å²) in [6.07, 6.45) is 0.116. The zero-order chi connectivity index (χ0) is 16.1. The minimum absolute atomic E-state index is 0.116. The van der Waals surface area contributed by atoms with Crippen molar-refractivity contribution in [1.82, 2.24) is 5.32 Å². The van der Waals surface area contributed by atoms with Crippen molar-refractivity contribution in [3.05, 3.63) is 63.1 Å². The third kappa shape index (κ3) is 4.75. The van der Waals surface area contributed by atoms with Gasteiger partial charge in [0, 0.05) is 11.0 Å². The predicted octanol–water partition coefficient (Wildman–Crippen LogP) is 4.82. The number of nitrogens with one attached hydrogen (secondary N) is 1. The number of amides is 1. The molecule has 0 aromatic heterocycles. The van der Waals surface area contributed by atoms with Crippen molar-refractivity contribution in [2.45, 2.75) is 26.5 Å². The van der Waals surface area contributed by atoms with Gasteiger partial charge in [0.2, 0.25) is 0 Å². The lowest BCUT2D eigenvalue weighted by Crippen LogP contribution is -2.23. The van der Waals surface area contributed by atoms with Crippen molar-refractivity contribution in [1.29, 1.82) is 0 Å². The first kappa shape index (κ1) is 16.8. The van der Waals surface area contributed by atoms with Gasteiger partial charge in [-0.05, 0) is 49.7 Å². The molecule has 0 saturated carbocycles. The Bertz CT molecular complexity index is 673.